The van der Waals surface area contributed by atoms with Crippen LogP contribution in [-0.2, 0) is 14.3 Å². The van der Waals surface area contributed by atoms with Crippen LogP contribution in [0.2, 0.25) is 0 Å². The summed E-state index contributed by atoms with van der Waals surface area (Å²) in [7, 11) is 0. The summed E-state index contributed by atoms with van der Waals surface area (Å²) in [5.74, 6) is -1.51. The molecule has 2 N–H and O–H groups in total. The molecule has 2 rings (SSSR count). The second-order valence-corrected chi connectivity index (χ2v) is 5.52. The van der Waals surface area contributed by atoms with Crippen molar-refractivity contribution < 1.29 is 24.2 Å². The molecule has 1 amide bonds. The lowest BCUT2D eigenvalue weighted by atomic mass is 10.1. The predicted molar refractivity (Wildman–Crippen MR) is 92.0 cm³/mol. The van der Waals surface area contributed by atoms with E-state index in [9.17, 15) is 19.5 Å². The van der Waals surface area contributed by atoms with Crippen LogP contribution in [0.15, 0.2) is 54.6 Å². The third-order valence-electron chi connectivity index (χ3n) is 3.56. The largest absolute Gasteiger partial charge is 0.450 e. The highest BCUT2D eigenvalue weighted by molar-refractivity contribution is 5.97. The molecule has 2 aromatic carbocycles. The second kappa shape index (κ2) is 8.21. The topological polar surface area (TPSA) is 92.7 Å². The number of ketones is 1. The van der Waals surface area contributed by atoms with E-state index in [1.807, 2.05) is 0 Å². The van der Waals surface area contributed by atoms with Crippen LogP contribution in [0.1, 0.15) is 35.9 Å². The Kier molecular flexibility index (Phi) is 6.03. The van der Waals surface area contributed by atoms with Gasteiger partial charge in [-0.3, -0.25) is 9.59 Å². The third-order valence-corrected chi connectivity index (χ3v) is 3.56. The van der Waals surface area contributed by atoms with Gasteiger partial charge in [-0.05, 0) is 43.7 Å². The van der Waals surface area contributed by atoms with Gasteiger partial charge in [0, 0.05) is 11.3 Å². The van der Waals surface area contributed by atoms with Gasteiger partial charge in [0.15, 0.2) is 18.0 Å². The van der Waals surface area contributed by atoms with Crippen LogP contribution in [0.4, 0.5) is 5.69 Å². The number of rotatable bonds is 6. The lowest BCUT2D eigenvalue weighted by Crippen LogP contribution is -2.31. The predicted octanol–water partition coefficient (Wildman–Crippen LogP) is 2.49. The van der Waals surface area contributed by atoms with Crippen molar-refractivity contribution in [1.29, 1.82) is 0 Å². The maximum atomic E-state index is 12.1. The molecular formula is C19H19NO5. The molecule has 0 saturated heterocycles. The van der Waals surface area contributed by atoms with Crippen LogP contribution in [0, 0.1) is 0 Å². The Morgan fingerprint density at radius 2 is 1.60 bits per heavy atom. The summed E-state index contributed by atoms with van der Waals surface area (Å²) in [6, 6.07) is 14.7. The number of Topliss-reactive ketones (excluding diaryl/α,β-unsaturated/α-hetero) is 1. The van der Waals surface area contributed by atoms with E-state index >= 15 is 0 Å². The van der Waals surface area contributed by atoms with Gasteiger partial charge in [0.25, 0.3) is 5.91 Å². The van der Waals surface area contributed by atoms with Crippen molar-refractivity contribution in [2.75, 3.05) is 5.32 Å². The summed E-state index contributed by atoms with van der Waals surface area (Å²) in [5, 5.41) is 12.5. The molecule has 0 radical (unpaired) electrons. The second-order valence-electron chi connectivity index (χ2n) is 5.52. The number of ether oxygens (including phenoxy) is 1. The molecule has 0 spiro atoms. The van der Waals surface area contributed by atoms with E-state index < -0.39 is 24.1 Å². The number of aliphatic hydroxyl groups excluding tert-OH is 1. The molecule has 0 aliphatic carbocycles. The highest BCUT2D eigenvalue weighted by Crippen LogP contribution is 2.15. The fourth-order valence-corrected chi connectivity index (χ4v) is 2.10. The molecular weight excluding hydrogens is 322 g/mol. The average molecular weight is 341 g/mol. The van der Waals surface area contributed by atoms with Crippen molar-refractivity contribution in [3.63, 3.8) is 0 Å². The normalized spacial score (nSPS) is 12.8. The molecule has 0 aliphatic rings. The number of carbonyl (C=O) groups is 3. The molecule has 0 bridgehead atoms. The van der Waals surface area contributed by atoms with Crippen LogP contribution in [0.25, 0.3) is 0 Å². The first-order valence-corrected chi connectivity index (χ1v) is 7.74. The number of hydrogen-bond acceptors (Lipinski definition) is 5. The third kappa shape index (κ3) is 4.99. The Hall–Kier alpha value is -2.99. The summed E-state index contributed by atoms with van der Waals surface area (Å²) in [4.78, 5) is 35.3. The maximum absolute atomic E-state index is 12.1. The van der Waals surface area contributed by atoms with E-state index in [1.165, 1.54) is 13.8 Å². The van der Waals surface area contributed by atoms with E-state index in [4.69, 9.17) is 4.74 Å². The standard InChI is InChI=1S/C19H19NO5/c1-12(21)14-8-10-16(11-9-14)20-18(23)13(2)25-19(24)17(22)15-6-4-3-5-7-15/h3-11,13,17,22H,1-2H3,(H,20,23)/t13-,17-/m0/s1. The summed E-state index contributed by atoms with van der Waals surface area (Å²) in [5.41, 5.74) is 1.39. The maximum Gasteiger partial charge on any atom is 0.340 e. The SMILES string of the molecule is CC(=O)c1ccc(NC(=O)[C@H](C)OC(=O)[C@@H](O)c2ccccc2)cc1. The van der Waals surface area contributed by atoms with Crippen LogP contribution in [0.3, 0.4) is 0 Å². The monoisotopic (exact) mass is 341 g/mol. The smallest absolute Gasteiger partial charge is 0.340 e. The van der Waals surface area contributed by atoms with Gasteiger partial charge in [-0.25, -0.2) is 4.79 Å². The molecule has 6 nitrogen and oxygen atoms in total. The Balaban J connectivity index is 1.93. The van der Waals surface area contributed by atoms with Crippen LogP contribution in [-0.4, -0.2) is 28.9 Å². The zero-order valence-electron chi connectivity index (χ0n) is 13.9. The van der Waals surface area contributed by atoms with Crippen LogP contribution in [0.5, 0.6) is 0 Å². The van der Waals surface area contributed by atoms with Gasteiger partial charge < -0.3 is 15.2 Å². The molecule has 130 valence electrons. The summed E-state index contributed by atoms with van der Waals surface area (Å²) in [6.45, 7) is 2.86. The van der Waals surface area contributed by atoms with Crippen molar-refractivity contribution in [2.45, 2.75) is 26.1 Å². The van der Waals surface area contributed by atoms with Gasteiger partial charge in [0.05, 0.1) is 0 Å². The quantitative estimate of drug-likeness (QED) is 0.622. The molecule has 2 aromatic rings. The van der Waals surface area contributed by atoms with Crippen molar-refractivity contribution in [3.05, 3.63) is 65.7 Å². The Bertz CT molecular complexity index is 755. The highest BCUT2D eigenvalue weighted by atomic mass is 16.6. The van der Waals surface area contributed by atoms with Gasteiger partial charge in [-0.2, -0.15) is 0 Å². The summed E-state index contributed by atoms with van der Waals surface area (Å²) in [6.07, 6.45) is -2.54. The number of hydrogen-bond donors (Lipinski definition) is 2. The average Bonchev–Trinajstić information content (AvgIpc) is 2.62. The van der Waals surface area contributed by atoms with E-state index in [2.05, 4.69) is 5.32 Å². The molecule has 0 heterocycles. The van der Waals surface area contributed by atoms with Crippen LogP contribution >= 0.6 is 0 Å². The van der Waals surface area contributed by atoms with Gasteiger partial charge in [-0.15, -0.1) is 0 Å². The zero-order valence-corrected chi connectivity index (χ0v) is 13.9. The number of amides is 1. The molecule has 0 saturated carbocycles. The molecule has 0 fully saturated rings. The number of nitrogens with one attached hydrogen (secondary N) is 1. The number of anilines is 1. The van der Waals surface area contributed by atoms with Crippen molar-refractivity contribution in [2.24, 2.45) is 0 Å². The first-order chi connectivity index (χ1) is 11.9. The Morgan fingerprint density at radius 1 is 1.00 bits per heavy atom. The Morgan fingerprint density at radius 3 is 2.16 bits per heavy atom. The van der Waals surface area contributed by atoms with Gasteiger partial charge in [0.1, 0.15) is 0 Å². The number of carbonyl (C=O) groups excluding carboxylic acids is 3. The molecule has 0 aromatic heterocycles. The molecule has 0 aliphatic heterocycles. The first-order valence-electron chi connectivity index (χ1n) is 7.74. The first kappa shape index (κ1) is 18.4. The van der Waals surface area contributed by atoms with E-state index in [0.717, 1.165) is 0 Å². The molecule has 25 heavy (non-hydrogen) atoms. The lowest BCUT2D eigenvalue weighted by Gasteiger charge is -2.16. The van der Waals surface area contributed by atoms with Crippen molar-refractivity contribution in [3.8, 4) is 0 Å². The highest BCUT2D eigenvalue weighted by Gasteiger charge is 2.24. The zero-order chi connectivity index (χ0) is 18.4. The van der Waals surface area contributed by atoms with Gasteiger partial charge in [-0.1, -0.05) is 30.3 Å². The Labute approximate surface area is 145 Å². The fraction of sp³-hybridized carbons (Fsp3) is 0.211. The minimum absolute atomic E-state index is 0.0740. The minimum atomic E-state index is -1.45. The minimum Gasteiger partial charge on any atom is -0.450 e. The number of aliphatic hydroxyl groups is 1. The molecule has 6 heteroatoms. The van der Waals surface area contributed by atoms with Crippen molar-refractivity contribution >= 4 is 23.3 Å². The summed E-state index contributed by atoms with van der Waals surface area (Å²) >= 11 is 0. The van der Waals surface area contributed by atoms with E-state index in [-0.39, 0.29) is 5.78 Å². The van der Waals surface area contributed by atoms with Gasteiger partial charge >= 0.3 is 5.97 Å². The number of benzene rings is 2. The van der Waals surface area contributed by atoms with E-state index in [0.29, 0.717) is 16.8 Å². The lowest BCUT2D eigenvalue weighted by molar-refractivity contribution is -0.162. The van der Waals surface area contributed by atoms with Gasteiger partial charge in [0.2, 0.25) is 0 Å². The van der Waals surface area contributed by atoms with Crippen LogP contribution < -0.4 is 5.32 Å². The van der Waals surface area contributed by atoms with E-state index in [1.54, 1.807) is 54.6 Å². The fourth-order valence-electron chi connectivity index (χ4n) is 2.10. The molecule has 0 unspecified atom stereocenters. The summed E-state index contributed by atoms with van der Waals surface area (Å²) < 4.78 is 5.01. The number of esters is 1. The van der Waals surface area contributed by atoms with Crippen molar-refractivity contribution in [1.82, 2.24) is 0 Å². The molecule has 2 atom stereocenters.